The lowest BCUT2D eigenvalue weighted by Crippen LogP contribution is -2.27. The SMILES string of the molecule is CCPCC(C)C(CC)C(C)(C)C. The van der Waals surface area contributed by atoms with Crippen LogP contribution in [0.15, 0.2) is 0 Å². The molecule has 0 amide bonds. The van der Waals surface area contributed by atoms with Crippen LogP contribution in [0.5, 0.6) is 0 Å². The van der Waals surface area contributed by atoms with Gasteiger partial charge in [-0.15, -0.1) is 8.58 Å². The summed E-state index contributed by atoms with van der Waals surface area (Å²) < 4.78 is 0. The Bertz CT molecular complexity index is 124. The highest BCUT2D eigenvalue weighted by Crippen LogP contribution is 2.36. The minimum absolute atomic E-state index is 0.492. The molecular formula is C12H27P. The fraction of sp³-hybridized carbons (Fsp3) is 1.00. The van der Waals surface area contributed by atoms with Crippen molar-refractivity contribution in [3.63, 3.8) is 0 Å². The van der Waals surface area contributed by atoms with E-state index in [0.29, 0.717) is 5.41 Å². The van der Waals surface area contributed by atoms with Gasteiger partial charge in [0.25, 0.3) is 0 Å². The molecule has 0 saturated carbocycles. The summed E-state index contributed by atoms with van der Waals surface area (Å²) >= 11 is 0. The van der Waals surface area contributed by atoms with Gasteiger partial charge in [-0.05, 0) is 29.6 Å². The molecule has 0 aliphatic heterocycles. The molecule has 0 fully saturated rings. The fourth-order valence-electron chi connectivity index (χ4n) is 2.38. The van der Waals surface area contributed by atoms with E-state index >= 15 is 0 Å². The molecule has 3 atom stereocenters. The van der Waals surface area contributed by atoms with Gasteiger partial charge >= 0.3 is 0 Å². The quantitative estimate of drug-likeness (QED) is 0.580. The molecule has 80 valence electrons. The average Bonchev–Trinajstić information content (AvgIpc) is 1.99. The number of hydrogen-bond donors (Lipinski definition) is 0. The van der Waals surface area contributed by atoms with Crippen molar-refractivity contribution in [1.29, 1.82) is 0 Å². The van der Waals surface area contributed by atoms with Crippen molar-refractivity contribution in [3.8, 4) is 0 Å². The molecule has 3 unspecified atom stereocenters. The summed E-state index contributed by atoms with van der Waals surface area (Å²) in [5.74, 6) is 1.80. The molecule has 0 aromatic carbocycles. The standard InChI is InChI=1S/C12H27P/c1-7-11(12(4,5)6)10(3)9-13-8-2/h10-11,13H,7-9H2,1-6H3. The van der Waals surface area contributed by atoms with Crippen molar-refractivity contribution in [2.75, 3.05) is 12.3 Å². The van der Waals surface area contributed by atoms with Gasteiger partial charge in [0, 0.05) is 0 Å². The summed E-state index contributed by atoms with van der Waals surface area (Å²) in [5, 5.41) is 0. The second kappa shape index (κ2) is 6.02. The predicted molar refractivity (Wildman–Crippen MR) is 66.1 cm³/mol. The van der Waals surface area contributed by atoms with Crippen LogP contribution in [0, 0.1) is 17.3 Å². The van der Waals surface area contributed by atoms with E-state index in [1.165, 1.54) is 27.3 Å². The first-order chi connectivity index (χ1) is 5.93. The first kappa shape index (κ1) is 13.4. The summed E-state index contributed by atoms with van der Waals surface area (Å²) in [7, 11) is 1.17. The summed E-state index contributed by atoms with van der Waals surface area (Å²) in [6.07, 6.45) is 4.13. The summed E-state index contributed by atoms with van der Waals surface area (Å²) in [6.45, 7) is 14.2. The van der Waals surface area contributed by atoms with E-state index in [4.69, 9.17) is 0 Å². The van der Waals surface area contributed by atoms with E-state index in [9.17, 15) is 0 Å². The van der Waals surface area contributed by atoms with Gasteiger partial charge in [-0.1, -0.05) is 48.0 Å². The molecule has 0 nitrogen and oxygen atoms in total. The van der Waals surface area contributed by atoms with Gasteiger partial charge in [0.2, 0.25) is 0 Å². The highest BCUT2D eigenvalue weighted by Gasteiger charge is 2.27. The van der Waals surface area contributed by atoms with Crippen LogP contribution >= 0.6 is 8.58 Å². The topological polar surface area (TPSA) is 0 Å². The molecule has 0 aliphatic carbocycles. The number of hydrogen-bond acceptors (Lipinski definition) is 0. The molecule has 0 aliphatic rings. The molecular weight excluding hydrogens is 175 g/mol. The Hall–Kier alpha value is 0.430. The zero-order valence-electron chi connectivity index (χ0n) is 10.3. The van der Waals surface area contributed by atoms with Crippen LogP contribution in [-0.2, 0) is 0 Å². The van der Waals surface area contributed by atoms with Crippen LogP contribution in [0.2, 0.25) is 0 Å². The Morgan fingerprint density at radius 3 is 2.00 bits per heavy atom. The highest BCUT2D eigenvalue weighted by atomic mass is 31.1. The second-order valence-corrected chi connectivity index (χ2v) is 6.78. The molecule has 1 heteroatoms. The molecule has 0 N–H and O–H groups in total. The normalized spacial score (nSPS) is 18.0. The van der Waals surface area contributed by atoms with Crippen LogP contribution < -0.4 is 0 Å². The van der Waals surface area contributed by atoms with E-state index in [-0.39, 0.29) is 0 Å². The maximum absolute atomic E-state index is 2.43. The Labute approximate surface area is 86.7 Å². The molecule has 0 spiro atoms. The van der Waals surface area contributed by atoms with Crippen molar-refractivity contribution < 1.29 is 0 Å². The van der Waals surface area contributed by atoms with Crippen LogP contribution in [-0.4, -0.2) is 12.3 Å². The first-order valence-corrected chi connectivity index (χ1v) is 7.05. The molecule has 0 bridgehead atoms. The fourth-order valence-corrected chi connectivity index (χ4v) is 3.41. The zero-order valence-corrected chi connectivity index (χ0v) is 11.3. The Morgan fingerprint density at radius 2 is 1.69 bits per heavy atom. The second-order valence-electron chi connectivity index (χ2n) is 5.17. The summed E-state index contributed by atoms with van der Waals surface area (Å²) in [4.78, 5) is 0. The van der Waals surface area contributed by atoms with Gasteiger partial charge in [0.05, 0.1) is 0 Å². The van der Waals surface area contributed by atoms with E-state index in [2.05, 4.69) is 41.5 Å². The molecule has 0 heterocycles. The van der Waals surface area contributed by atoms with Crippen LogP contribution in [0.1, 0.15) is 48.0 Å². The average molecular weight is 202 g/mol. The van der Waals surface area contributed by atoms with Gasteiger partial charge in [0.15, 0.2) is 0 Å². The summed E-state index contributed by atoms with van der Waals surface area (Å²) in [5.41, 5.74) is 0.492. The monoisotopic (exact) mass is 202 g/mol. The molecule has 13 heavy (non-hydrogen) atoms. The van der Waals surface area contributed by atoms with Crippen molar-refractivity contribution in [3.05, 3.63) is 0 Å². The maximum Gasteiger partial charge on any atom is -0.0325 e. The van der Waals surface area contributed by atoms with Gasteiger partial charge < -0.3 is 0 Å². The van der Waals surface area contributed by atoms with Crippen molar-refractivity contribution >= 4 is 8.58 Å². The molecule has 0 radical (unpaired) electrons. The van der Waals surface area contributed by atoms with E-state index in [0.717, 1.165) is 11.8 Å². The van der Waals surface area contributed by atoms with Gasteiger partial charge in [0.1, 0.15) is 0 Å². The minimum atomic E-state index is 0.492. The maximum atomic E-state index is 2.43. The van der Waals surface area contributed by atoms with Crippen molar-refractivity contribution in [1.82, 2.24) is 0 Å². The highest BCUT2D eigenvalue weighted by molar-refractivity contribution is 7.37. The van der Waals surface area contributed by atoms with E-state index < -0.39 is 0 Å². The summed E-state index contributed by atoms with van der Waals surface area (Å²) in [6, 6.07) is 0. The Morgan fingerprint density at radius 1 is 1.15 bits per heavy atom. The lowest BCUT2D eigenvalue weighted by Gasteiger charge is -2.35. The predicted octanol–water partition coefficient (Wildman–Crippen LogP) is 4.39. The van der Waals surface area contributed by atoms with Crippen LogP contribution in [0.3, 0.4) is 0 Å². The minimum Gasteiger partial charge on any atom is -0.122 e. The third-order valence-electron chi connectivity index (χ3n) is 2.96. The largest absolute Gasteiger partial charge is 0.122 e. The van der Waals surface area contributed by atoms with Gasteiger partial charge in [-0.25, -0.2) is 0 Å². The van der Waals surface area contributed by atoms with Crippen LogP contribution in [0.25, 0.3) is 0 Å². The molecule has 0 saturated heterocycles. The lowest BCUT2D eigenvalue weighted by atomic mass is 9.73. The smallest absolute Gasteiger partial charge is 0.0325 e. The Balaban J connectivity index is 4.07. The van der Waals surface area contributed by atoms with E-state index in [1.807, 2.05) is 0 Å². The third kappa shape index (κ3) is 5.01. The Kier molecular flexibility index (Phi) is 6.21. The van der Waals surface area contributed by atoms with Crippen LogP contribution in [0.4, 0.5) is 0 Å². The third-order valence-corrected chi connectivity index (χ3v) is 4.39. The first-order valence-electron chi connectivity index (χ1n) is 5.64. The van der Waals surface area contributed by atoms with Crippen molar-refractivity contribution in [2.45, 2.75) is 48.0 Å². The van der Waals surface area contributed by atoms with E-state index in [1.54, 1.807) is 0 Å². The van der Waals surface area contributed by atoms with Gasteiger partial charge in [-0.3, -0.25) is 0 Å². The zero-order chi connectivity index (χ0) is 10.5. The molecule has 0 rings (SSSR count). The van der Waals surface area contributed by atoms with Crippen molar-refractivity contribution in [2.24, 2.45) is 17.3 Å². The van der Waals surface area contributed by atoms with Gasteiger partial charge in [-0.2, -0.15) is 0 Å². The lowest BCUT2D eigenvalue weighted by molar-refractivity contribution is 0.175. The number of rotatable bonds is 5. The molecule has 0 aromatic heterocycles. The molecule has 0 aromatic rings.